The van der Waals surface area contributed by atoms with Crippen molar-refractivity contribution in [2.45, 2.75) is 19.9 Å². The van der Waals surface area contributed by atoms with Crippen molar-refractivity contribution in [2.24, 2.45) is 4.99 Å². The number of amides is 1. The number of fused-ring (bicyclic) bond motifs is 1. The van der Waals surface area contributed by atoms with E-state index in [1.807, 2.05) is 26.0 Å². The number of aryl methyl sites for hydroxylation is 2. The summed E-state index contributed by atoms with van der Waals surface area (Å²) < 4.78 is 10.3. The minimum absolute atomic E-state index is 0.202. The summed E-state index contributed by atoms with van der Waals surface area (Å²) in [6, 6.07) is 3.41. The molecule has 1 aliphatic rings. The number of benzene rings is 1. The second-order valence-corrected chi connectivity index (χ2v) is 4.32. The molecule has 0 radical (unpaired) electrons. The van der Waals surface area contributed by atoms with Gasteiger partial charge in [-0.05, 0) is 0 Å². The molecule has 0 aliphatic carbocycles. The van der Waals surface area contributed by atoms with Gasteiger partial charge in [-0.25, -0.2) is 0 Å². The monoisotopic (exact) mass is 243 g/mol. The van der Waals surface area contributed by atoms with Crippen LogP contribution in [-0.4, -0.2) is 31.8 Å². The van der Waals surface area contributed by atoms with E-state index in [0.717, 1.165) is 28.6 Å². The summed E-state index contributed by atoms with van der Waals surface area (Å²) in [4.78, 5) is 15.8. The predicted octanol–water partition coefficient (Wildman–Crippen LogP) is 1.11. The first kappa shape index (κ1) is 12.5. The van der Waals surface area contributed by atoms with E-state index < -0.39 is 6.04 Å². The van der Waals surface area contributed by atoms with Crippen LogP contribution in [0.1, 0.15) is 11.1 Å². The van der Waals surface area contributed by atoms with Crippen LogP contribution in [0.2, 0.25) is 0 Å². The Bertz CT molecular complexity index is 528. The molecular formula is C12H14BN3O2. The Labute approximate surface area is 106 Å². The molecule has 0 aromatic heterocycles. The molecule has 1 aromatic rings. The number of anilines is 2. The summed E-state index contributed by atoms with van der Waals surface area (Å²) >= 11 is 0. The average Bonchev–Trinajstić information content (AvgIpc) is 2.47. The summed E-state index contributed by atoms with van der Waals surface area (Å²) in [6.07, 6.45) is 1.11. The average molecular weight is 243 g/mol. The fourth-order valence-electron chi connectivity index (χ4n) is 2.04. The van der Waals surface area contributed by atoms with Gasteiger partial charge in [-0.3, -0.25) is 0 Å². The zero-order chi connectivity index (χ0) is 13.1. The normalized spacial score (nSPS) is 18.6. The third kappa shape index (κ3) is 2.47. The van der Waals surface area contributed by atoms with E-state index in [4.69, 9.17) is 0 Å². The Morgan fingerprint density at radius 1 is 1.44 bits per heavy atom. The van der Waals surface area contributed by atoms with Crippen molar-refractivity contribution in [3.8, 4) is 0 Å². The zero-order valence-electron chi connectivity index (χ0n) is 10.4. The molecule has 0 spiro atoms. The molecule has 0 saturated heterocycles. The maximum atomic E-state index is 11.9. The van der Waals surface area contributed by atoms with Gasteiger partial charge in [-0.2, -0.15) is 0 Å². The number of rotatable bonds is 2. The molecule has 18 heavy (non-hydrogen) atoms. The molecule has 2 rings (SSSR count). The van der Waals surface area contributed by atoms with E-state index in [9.17, 15) is 9.50 Å². The number of nitrogens with one attached hydrogen (secondary N) is 2. The van der Waals surface area contributed by atoms with Crippen molar-refractivity contribution in [1.82, 2.24) is 0 Å². The Kier molecular flexibility index (Phi) is 3.55. The van der Waals surface area contributed by atoms with Crippen LogP contribution in [0.3, 0.4) is 0 Å². The SMILES string of the molecule is Cc1cc(C)c2c(c1)NC[C@H](N=CB=O)C(=O)N2. The molecule has 2 N–H and O–H groups in total. The molecule has 1 aromatic carbocycles. The zero-order valence-corrected chi connectivity index (χ0v) is 10.4. The number of aliphatic imine (C=N–C) groups is 1. The van der Waals surface area contributed by atoms with Gasteiger partial charge >= 0.3 is 105 Å². The van der Waals surface area contributed by atoms with Crippen molar-refractivity contribution in [2.75, 3.05) is 17.2 Å². The van der Waals surface area contributed by atoms with Crippen LogP contribution in [0.4, 0.5) is 11.4 Å². The van der Waals surface area contributed by atoms with Crippen molar-refractivity contribution in [1.29, 1.82) is 0 Å². The maximum absolute atomic E-state index is 11.9. The van der Waals surface area contributed by atoms with Gasteiger partial charge in [0.05, 0.1) is 0 Å². The van der Waals surface area contributed by atoms with Gasteiger partial charge in [0.25, 0.3) is 0 Å². The fourth-order valence-corrected chi connectivity index (χ4v) is 2.04. The fraction of sp³-hybridized carbons (Fsp3) is 0.333. The number of nitrogens with zero attached hydrogens (tertiary/aromatic N) is 1. The van der Waals surface area contributed by atoms with E-state index in [2.05, 4.69) is 15.6 Å². The molecule has 0 saturated carbocycles. The molecule has 1 atom stereocenters. The van der Waals surface area contributed by atoms with E-state index in [1.54, 1.807) is 0 Å². The third-order valence-electron chi connectivity index (χ3n) is 2.84. The summed E-state index contributed by atoms with van der Waals surface area (Å²) in [5.74, 6) is -0.202. The predicted molar refractivity (Wildman–Crippen MR) is 71.8 cm³/mol. The number of carbonyl (C=O) groups excluding carboxylic acids is 1. The van der Waals surface area contributed by atoms with Crippen LogP contribution in [-0.2, 0) is 9.50 Å². The molecule has 1 heterocycles. The minimum atomic E-state index is -0.581. The van der Waals surface area contributed by atoms with E-state index in [-0.39, 0.29) is 5.91 Å². The summed E-state index contributed by atoms with van der Waals surface area (Å²) in [6.45, 7) is 4.33. The Morgan fingerprint density at radius 3 is 2.94 bits per heavy atom. The van der Waals surface area contributed by atoms with Crippen LogP contribution in [0, 0.1) is 13.8 Å². The molecule has 0 bridgehead atoms. The summed E-state index contributed by atoms with van der Waals surface area (Å²) in [5.41, 5.74) is 3.81. The second kappa shape index (κ2) is 5.12. The van der Waals surface area contributed by atoms with Gasteiger partial charge in [0.1, 0.15) is 0 Å². The van der Waals surface area contributed by atoms with Gasteiger partial charge in [-0.1, -0.05) is 0 Å². The molecule has 1 aliphatic heterocycles. The summed E-state index contributed by atoms with van der Waals surface area (Å²) in [7, 11) is 0.570. The van der Waals surface area contributed by atoms with Crippen molar-refractivity contribution in [3.63, 3.8) is 0 Å². The quantitative estimate of drug-likeness (QED) is 0.603. The standard InChI is InChI=1S/C12H14BN3O2/c1-7-3-8(2)11-9(4-7)14-5-10(12(17)16-11)15-6-13-18/h3-4,6,10,14H,5H2,1-2H3,(H,16,17)/t10-/m0/s1. The molecule has 5 nitrogen and oxygen atoms in total. The van der Waals surface area contributed by atoms with Gasteiger partial charge < -0.3 is 0 Å². The molecule has 0 fully saturated rings. The third-order valence-corrected chi connectivity index (χ3v) is 2.84. The van der Waals surface area contributed by atoms with Crippen molar-refractivity contribution < 1.29 is 9.50 Å². The van der Waals surface area contributed by atoms with Gasteiger partial charge in [0.15, 0.2) is 0 Å². The Balaban J connectivity index is 2.32. The van der Waals surface area contributed by atoms with Gasteiger partial charge in [-0.15, -0.1) is 0 Å². The first-order valence-corrected chi connectivity index (χ1v) is 5.74. The van der Waals surface area contributed by atoms with Gasteiger partial charge in [0, 0.05) is 0 Å². The molecule has 1 amide bonds. The topological polar surface area (TPSA) is 70.6 Å². The van der Waals surface area contributed by atoms with Crippen molar-refractivity contribution in [3.05, 3.63) is 23.3 Å². The molecular weight excluding hydrogens is 229 g/mol. The first-order chi connectivity index (χ1) is 8.61. The van der Waals surface area contributed by atoms with Crippen LogP contribution in [0.5, 0.6) is 0 Å². The van der Waals surface area contributed by atoms with Crippen LogP contribution >= 0.6 is 0 Å². The van der Waals surface area contributed by atoms with E-state index in [0.29, 0.717) is 13.7 Å². The van der Waals surface area contributed by atoms with Gasteiger partial charge in [0.2, 0.25) is 0 Å². The Morgan fingerprint density at radius 2 is 2.22 bits per heavy atom. The number of carbonyl (C=O) groups is 1. The van der Waals surface area contributed by atoms with Crippen molar-refractivity contribution >= 4 is 30.5 Å². The number of hydrogen-bond acceptors (Lipinski definition) is 4. The molecule has 0 unspecified atom stereocenters. The molecule has 92 valence electrons. The Hall–Kier alpha value is -1.98. The van der Waals surface area contributed by atoms with Crippen LogP contribution < -0.4 is 10.6 Å². The second-order valence-electron chi connectivity index (χ2n) is 4.32. The van der Waals surface area contributed by atoms with Crippen LogP contribution in [0.15, 0.2) is 17.1 Å². The summed E-state index contributed by atoms with van der Waals surface area (Å²) in [5, 5.41) is 6.03. The van der Waals surface area contributed by atoms with Crippen LogP contribution in [0.25, 0.3) is 0 Å². The first-order valence-electron chi connectivity index (χ1n) is 5.74. The van der Waals surface area contributed by atoms with E-state index >= 15 is 0 Å². The van der Waals surface area contributed by atoms with E-state index in [1.165, 1.54) is 0 Å². The number of hydrogen-bond donors (Lipinski definition) is 2. The molecule has 6 heteroatoms.